The van der Waals surface area contributed by atoms with Crippen molar-refractivity contribution in [2.75, 3.05) is 7.11 Å². The molecule has 0 fully saturated rings. The first-order valence-electron chi connectivity index (χ1n) is 9.45. The second-order valence-corrected chi connectivity index (χ2v) is 6.74. The van der Waals surface area contributed by atoms with Gasteiger partial charge in [-0.3, -0.25) is 14.4 Å². The zero-order chi connectivity index (χ0) is 21.2. The highest BCUT2D eigenvalue weighted by Crippen LogP contribution is 2.19. The molecule has 0 spiro atoms. The van der Waals surface area contributed by atoms with Gasteiger partial charge in [0, 0.05) is 19.3 Å². The Morgan fingerprint density at radius 1 is 0.931 bits per heavy atom. The molecule has 0 heterocycles. The summed E-state index contributed by atoms with van der Waals surface area (Å²) in [4.78, 5) is 36.1. The standard InChI is InChI=1S/C22H27N3O4/c1-15(16-8-4-3-5-9-16)24-20(26)12-13-21(27)25-18(22(23)28)14-17-10-6-7-11-19(17)29-2/h3-11,15,18H,12-14H2,1-2H3,(H2,23,28)(H,24,26)(H,25,27)/t15-,18-/m1/s1. The number of para-hydroxylation sites is 1. The lowest BCUT2D eigenvalue weighted by Gasteiger charge is -2.17. The second-order valence-electron chi connectivity index (χ2n) is 6.74. The lowest BCUT2D eigenvalue weighted by molar-refractivity contribution is -0.129. The van der Waals surface area contributed by atoms with Gasteiger partial charge in [-0.25, -0.2) is 0 Å². The van der Waals surface area contributed by atoms with Crippen molar-refractivity contribution in [2.24, 2.45) is 5.73 Å². The molecule has 154 valence electrons. The Balaban J connectivity index is 1.85. The third-order valence-corrected chi connectivity index (χ3v) is 4.55. The summed E-state index contributed by atoms with van der Waals surface area (Å²) < 4.78 is 5.27. The number of methoxy groups -OCH3 is 1. The number of hydrogen-bond acceptors (Lipinski definition) is 4. The van der Waals surface area contributed by atoms with Crippen molar-refractivity contribution in [2.45, 2.75) is 38.3 Å². The minimum absolute atomic E-state index is 0.0170. The maximum absolute atomic E-state index is 12.2. The van der Waals surface area contributed by atoms with Gasteiger partial charge in [0.05, 0.1) is 13.2 Å². The second kappa shape index (κ2) is 10.8. The van der Waals surface area contributed by atoms with Crippen LogP contribution >= 0.6 is 0 Å². The van der Waals surface area contributed by atoms with Gasteiger partial charge in [0.25, 0.3) is 0 Å². The van der Waals surface area contributed by atoms with Crippen molar-refractivity contribution in [3.8, 4) is 5.75 Å². The first-order valence-corrected chi connectivity index (χ1v) is 9.45. The van der Waals surface area contributed by atoms with Gasteiger partial charge in [-0.15, -0.1) is 0 Å². The quantitative estimate of drug-likeness (QED) is 0.568. The maximum atomic E-state index is 12.2. The van der Waals surface area contributed by atoms with E-state index in [2.05, 4.69) is 10.6 Å². The minimum Gasteiger partial charge on any atom is -0.496 e. The van der Waals surface area contributed by atoms with Crippen LogP contribution in [0, 0.1) is 0 Å². The van der Waals surface area contributed by atoms with Crippen LogP contribution in [0.15, 0.2) is 54.6 Å². The van der Waals surface area contributed by atoms with Gasteiger partial charge >= 0.3 is 0 Å². The fourth-order valence-corrected chi connectivity index (χ4v) is 2.95. The SMILES string of the molecule is COc1ccccc1C[C@@H](NC(=O)CCC(=O)N[C@H](C)c1ccccc1)C(N)=O. The third-order valence-electron chi connectivity index (χ3n) is 4.55. The van der Waals surface area contributed by atoms with E-state index in [1.807, 2.05) is 49.4 Å². The van der Waals surface area contributed by atoms with Crippen LogP contribution in [-0.4, -0.2) is 30.9 Å². The summed E-state index contributed by atoms with van der Waals surface area (Å²) in [6.07, 6.45) is 0.189. The first-order chi connectivity index (χ1) is 13.9. The lowest BCUT2D eigenvalue weighted by Crippen LogP contribution is -2.46. The van der Waals surface area contributed by atoms with Crippen molar-refractivity contribution in [1.29, 1.82) is 0 Å². The highest BCUT2D eigenvalue weighted by molar-refractivity contribution is 5.89. The highest BCUT2D eigenvalue weighted by atomic mass is 16.5. The number of amides is 3. The van der Waals surface area contributed by atoms with E-state index in [0.717, 1.165) is 11.1 Å². The molecule has 0 radical (unpaired) electrons. The molecular formula is C22H27N3O4. The molecule has 0 saturated heterocycles. The third kappa shape index (κ3) is 6.95. The Hall–Kier alpha value is -3.35. The molecule has 2 rings (SSSR count). The summed E-state index contributed by atoms with van der Waals surface area (Å²) in [6.45, 7) is 1.88. The van der Waals surface area contributed by atoms with Crippen LogP contribution in [0.3, 0.4) is 0 Å². The number of ether oxygens (including phenoxy) is 1. The van der Waals surface area contributed by atoms with E-state index in [-0.39, 0.29) is 31.2 Å². The predicted octanol–water partition coefficient (Wildman–Crippen LogP) is 1.87. The molecule has 0 bridgehead atoms. The molecule has 0 aliphatic heterocycles. The normalized spacial score (nSPS) is 12.5. The fraction of sp³-hybridized carbons (Fsp3) is 0.318. The number of primary amides is 1. The number of nitrogens with one attached hydrogen (secondary N) is 2. The van der Waals surface area contributed by atoms with E-state index in [1.165, 1.54) is 7.11 Å². The number of nitrogens with two attached hydrogens (primary N) is 1. The van der Waals surface area contributed by atoms with Gasteiger partial charge in [0.15, 0.2) is 0 Å². The summed E-state index contributed by atoms with van der Waals surface area (Å²) in [5.41, 5.74) is 7.18. The van der Waals surface area contributed by atoms with Crippen molar-refractivity contribution in [3.63, 3.8) is 0 Å². The summed E-state index contributed by atoms with van der Waals surface area (Å²) in [6, 6.07) is 15.7. The van der Waals surface area contributed by atoms with Crippen LogP contribution in [0.2, 0.25) is 0 Å². The largest absolute Gasteiger partial charge is 0.496 e. The van der Waals surface area contributed by atoms with E-state index in [0.29, 0.717) is 5.75 Å². The van der Waals surface area contributed by atoms with Crippen molar-refractivity contribution in [1.82, 2.24) is 10.6 Å². The molecule has 0 aliphatic carbocycles. The highest BCUT2D eigenvalue weighted by Gasteiger charge is 2.21. The van der Waals surface area contributed by atoms with Crippen LogP contribution in [0.5, 0.6) is 5.75 Å². The Morgan fingerprint density at radius 2 is 1.52 bits per heavy atom. The molecular weight excluding hydrogens is 370 g/mol. The zero-order valence-corrected chi connectivity index (χ0v) is 16.7. The van der Waals surface area contributed by atoms with Crippen LogP contribution in [0.4, 0.5) is 0 Å². The molecule has 4 N–H and O–H groups in total. The van der Waals surface area contributed by atoms with Crippen LogP contribution in [0.1, 0.15) is 36.9 Å². The monoisotopic (exact) mass is 397 g/mol. The molecule has 2 atom stereocenters. The van der Waals surface area contributed by atoms with Crippen molar-refractivity contribution in [3.05, 3.63) is 65.7 Å². The van der Waals surface area contributed by atoms with Gasteiger partial charge in [0.2, 0.25) is 17.7 Å². The van der Waals surface area contributed by atoms with E-state index in [1.54, 1.807) is 12.1 Å². The molecule has 29 heavy (non-hydrogen) atoms. The number of rotatable bonds is 10. The number of benzene rings is 2. The minimum atomic E-state index is -0.884. The molecule has 7 heteroatoms. The number of carbonyl (C=O) groups excluding carboxylic acids is 3. The van der Waals surface area contributed by atoms with E-state index in [9.17, 15) is 14.4 Å². The average Bonchev–Trinajstić information content (AvgIpc) is 2.72. The number of hydrogen-bond donors (Lipinski definition) is 3. The number of carbonyl (C=O) groups is 3. The van der Waals surface area contributed by atoms with E-state index in [4.69, 9.17) is 10.5 Å². The Labute approximate surface area is 170 Å². The Kier molecular flexibility index (Phi) is 8.21. The molecule has 2 aromatic rings. The van der Waals surface area contributed by atoms with E-state index >= 15 is 0 Å². The van der Waals surface area contributed by atoms with Crippen molar-refractivity contribution >= 4 is 17.7 Å². The molecule has 0 aliphatic rings. The van der Waals surface area contributed by atoms with Crippen LogP contribution in [-0.2, 0) is 20.8 Å². The molecule has 0 aromatic heterocycles. The van der Waals surface area contributed by atoms with Crippen LogP contribution < -0.4 is 21.1 Å². The topological polar surface area (TPSA) is 111 Å². The Bertz CT molecular complexity index is 839. The molecule has 0 saturated carbocycles. The van der Waals surface area contributed by atoms with Gasteiger partial charge in [-0.1, -0.05) is 48.5 Å². The van der Waals surface area contributed by atoms with Gasteiger partial charge < -0.3 is 21.1 Å². The van der Waals surface area contributed by atoms with Crippen LogP contribution in [0.25, 0.3) is 0 Å². The molecule has 2 aromatic carbocycles. The fourth-order valence-electron chi connectivity index (χ4n) is 2.95. The molecule has 7 nitrogen and oxygen atoms in total. The van der Waals surface area contributed by atoms with Gasteiger partial charge in [-0.05, 0) is 24.1 Å². The van der Waals surface area contributed by atoms with Gasteiger partial charge in [-0.2, -0.15) is 0 Å². The average molecular weight is 397 g/mol. The smallest absolute Gasteiger partial charge is 0.240 e. The summed E-state index contributed by atoms with van der Waals surface area (Å²) >= 11 is 0. The molecule has 0 unspecified atom stereocenters. The zero-order valence-electron chi connectivity index (χ0n) is 16.7. The lowest BCUT2D eigenvalue weighted by atomic mass is 10.0. The first kappa shape index (κ1) is 21.9. The van der Waals surface area contributed by atoms with Crippen molar-refractivity contribution < 1.29 is 19.1 Å². The Morgan fingerprint density at radius 3 is 2.14 bits per heavy atom. The summed E-state index contributed by atoms with van der Waals surface area (Å²) in [5.74, 6) is -0.684. The predicted molar refractivity (Wildman–Crippen MR) is 110 cm³/mol. The maximum Gasteiger partial charge on any atom is 0.240 e. The summed E-state index contributed by atoms with van der Waals surface area (Å²) in [5, 5.41) is 5.46. The van der Waals surface area contributed by atoms with E-state index < -0.39 is 17.9 Å². The molecule has 3 amide bonds. The summed E-state index contributed by atoms with van der Waals surface area (Å²) in [7, 11) is 1.53. The van der Waals surface area contributed by atoms with Gasteiger partial charge in [0.1, 0.15) is 11.8 Å².